The van der Waals surface area contributed by atoms with Crippen molar-refractivity contribution in [2.24, 2.45) is 0 Å². The average Bonchev–Trinajstić information content (AvgIpc) is 4.23. The topological polar surface area (TPSA) is 63.8 Å². The number of nitriles is 1. The van der Waals surface area contributed by atoms with Gasteiger partial charge in [-0.05, 0) is 48.5 Å². The van der Waals surface area contributed by atoms with Crippen LogP contribution in [0.3, 0.4) is 0 Å². The monoisotopic (exact) mass is 930 g/mol. The predicted molar refractivity (Wildman–Crippen MR) is 291 cm³/mol. The van der Waals surface area contributed by atoms with Crippen LogP contribution in [0.15, 0.2) is 182 Å². The number of rotatable bonds is 4. The van der Waals surface area contributed by atoms with Crippen molar-refractivity contribution in [3.05, 3.63) is 199 Å². The molecule has 7 aromatic heterocycles. The summed E-state index contributed by atoms with van der Waals surface area (Å²) in [5.74, 6) is 0. The molecule has 15 aromatic rings. The molecule has 9 heteroatoms. The summed E-state index contributed by atoms with van der Waals surface area (Å²) in [5.41, 5.74) is 8.31. The largest absolute Gasteiger partial charge is 0.316 e. The van der Waals surface area contributed by atoms with Gasteiger partial charge in [-0.25, -0.2) is 4.85 Å². The minimum atomic E-state index is 0.331. The molecule has 0 bridgehead atoms. The lowest BCUT2D eigenvalue weighted by Crippen LogP contribution is -2.09. The van der Waals surface area contributed by atoms with Gasteiger partial charge in [-0.1, -0.05) is 121 Å². The van der Waals surface area contributed by atoms with E-state index < -0.39 is 0 Å². The number of nitrogens with zero attached hydrogens (tertiary/aromatic N) is 6. The molecule has 7 heterocycles. The lowest BCUT2D eigenvalue weighted by Gasteiger charge is -2.25. The minimum absolute atomic E-state index is 0.331. The third-order valence-corrected chi connectivity index (χ3v) is 17.5. The van der Waals surface area contributed by atoms with Gasteiger partial charge in [0, 0.05) is 91.5 Å². The molecule has 0 radical (unpaired) electrons. The van der Waals surface area contributed by atoms with Crippen LogP contribution in [-0.2, 0) is 0 Å². The van der Waals surface area contributed by atoms with Gasteiger partial charge in [0.05, 0.1) is 71.1 Å². The Labute approximate surface area is 404 Å². The Kier molecular flexibility index (Phi) is 8.02. The lowest BCUT2D eigenvalue weighted by molar-refractivity contribution is 1.13. The first-order valence-electron chi connectivity index (χ1n) is 22.6. The summed E-state index contributed by atoms with van der Waals surface area (Å²) in [6.07, 6.45) is 3.56. The standard InChI is InChI=1S/C60H30N6S3/c1-62-52-50(44-18-10-12-30-63-44)43(32-61)53(65-46-20-6-2-14-33(46)37-24-27-40-34-15-3-7-21-47(34)67-58(40)54(37)65)51(45-19-11-13-31-64-45)57(52)66-55-38(25-28-41-35-16-4-8-22-48(35)68-59(41)55)39-26-29-42-36-17-5-9-23-49(36)69-60(42)56(39)66/h2-31H. The van der Waals surface area contributed by atoms with E-state index in [0.29, 0.717) is 45.1 Å². The molecule has 6 nitrogen and oxygen atoms in total. The number of fused-ring (bicyclic) bond motifs is 18. The first-order chi connectivity index (χ1) is 34.2. The third kappa shape index (κ3) is 5.16. The maximum atomic E-state index is 12.0. The van der Waals surface area contributed by atoms with Crippen LogP contribution in [0.5, 0.6) is 0 Å². The van der Waals surface area contributed by atoms with E-state index in [4.69, 9.17) is 9.97 Å². The summed E-state index contributed by atoms with van der Waals surface area (Å²) in [4.78, 5) is 14.8. The molecule has 318 valence electrons. The third-order valence-electron chi connectivity index (χ3n) is 13.9. The molecular formula is C60H30N6S3. The Morgan fingerprint density at radius 2 is 0.841 bits per heavy atom. The van der Waals surface area contributed by atoms with E-state index in [1.54, 1.807) is 40.2 Å². The van der Waals surface area contributed by atoms with Crippen LogP contribution in [-0.4, -0.2) is 19.1 Å². The van der Waals surface area contributed by atoms with Crippen LogP contribution in [0.1, 0.15) is 5.56 Å². The van der Waals surface area contributed by atoms with Crippen LogP contribution in [0.25, 0.3) is 143 Å². The fourth-order valence-corrected chi connectivity index (χ4v) is 14.8. The van der Waals surface area contributed by atoms with Crippen molar-refractivity contribution in [3.8, 4) is 40.0 Å². The van der Waals surface area contributed by atoms with E-state index >= 15 is 0 Å². The van der Waals surface area contributed by atoms with Gasteiger partial charge in [0.1, 0.15) is 6.07 Å². The number of thiophene rings is 3. The van der Waals surface area contributed by atoms with Gasteiger partial charge in [-0.2, -0.15) is 5.26 Å². The number of para-hydroxylation sites is 1. The van der Waals surface area contributed by atoms with Crippen molar-refractivity contribution in [2.45, 2.75) is 0 Å². The summed E-state index contributed by atoms with van der Waals surface area (Å²) < 4.78 is 11.6. The normalized spacial score (nSPS) is 12.0. The number of benzene rings is 8. The highest BCUT2D eigenvalue weighted by molar-refractivity contribution is 7.27. The van der Waals surface area contributed by atoms with Gasteiger partial charge in [0.15, 0.2) is 0 Å². The van der Waals surface area contributed by atoms with Crippen molar-refractivity contribution in [1.29, 1.82) is 5.26 Å². The molecule has 15 rings (SSSR count). The van der Waals surface area contributed by atoms with Gasteiger partial charge in [-0.3, -0.25) is 9.97 Å². The van der Waals surface area contributed by atoms with Crippen molar-refractivity contribution in [2.75, 3.05) is 0 Å². The predicted octanol–water partition coefficient (Wildman–Crippen LogP) is 17.5. The highest BCUT2D eigenvalue weighted by Gasteiger charge is 2.34. The fourth-order valence-electron chi connectivity index (χ4n) is 11.1. The second-order valence-corrected chi connectivity index (χ2v) is 20.5. The lowest BCUT2D eigenvalue weighted by atomic mass is 9.91. The Balaban J connectivity index is 1.27. The zero-order valence-electron chi connectivity index (χ0n) is 36.2. The molecular weight excluding hydrogens is 901 g/mol. The van der Waals surface area contributed by atoms with Crippen LogP contribution < -0.4 is 0 Å². The van der Waals surface area contributed by atoms with Crippen molar-refractivity contribution < 1.29 is 0 Å². The summed E-state index contributed by atoms with van der Waals surface area (Å²) in [6, 6.07) is 62.3. The molecule has 0 saturated heterocycles. The highest BCUT2D eigenvalue weighted by atomic mass is 32.1. The number of hydrogen-bond donors (Lipinski definition) is 0. The number of pyridine rings is 2. The molecule has 0 amide bonds. The van der Waals surface area contributed by atoms with Gasteiger partial charge < -0.3 is 9.13 Å². The second kappa shape index (κ2) is 14.4. The average molecular weight is 931 g/mol. The van der Waals surface area contributed by atoms with Gasteiger partial charge >= 0.3 is 0 Å². The second-order valence-electron chi connectivity index (χ2n) is 17.3. The number of hydrogen-bond acceptors (Lipinski definition) is 6. The molecule has 0 unspecified atom stereocenters. The molecule has 69 heavy (non-hydrogen) atoms. The fraction of sp³-hybridized carbons (Fsp3) is 0. The molecule has 0 atom stereocenters. The summed E-state index contributed by atoms with van der Waals surface area (Å²) in [5, 5.41) is 23.3. The van der Waals surface area contributed by atoms with Gasteiger partial charge in [0.2, 0.25) is 5.69 Å². The quantitative estimate of drug-likeness (QED) is 0.165. The molecule has 0 aliphatic heterocycles. The summed E-state index contributed by atoms with van der Waals surface area (Å²) >= 11 is 5.33. The van der Waals surface area contributed by atoms with Gasteiger partial charge in [-0.15, -0.1) is 34.0 Å². The molecule has 0 aliphatic carbocycles. The molecule has 8 aromatic carbocycles. The highest BCUT2D eigenvalue weighted by Crippen LogP contribution is 2.55. The summed E-state index contributed by atoms with van der Waals surface area (Å²) in [7, 11) is 0. The zero-order valence-corrected chi connectivity index (χ0v) is 38.7. The maximum absolute atomic E-state index is 12.0. The van der Waals surface area contributed by atoms with E-state index in [1.807, 2.05) is 42.6 Å². The first kappa shape index (κ1) is 38.4. The van der Waals surface area contributed by atoms with E-state index in [2.05, 4.69) is 154 Å². The molecule has 0 saturated carbocycles. The van der Waals surface area contributed by atoms with Crippen LogP contribution in [0.4, 0.5) is 5.69 Å². The van der Waals surface area contributed by atoms with Crippen molar-refractivity contribution in [3.63, 3.8) is 0 Å². The van der Waals surface area contributed by atoms with E-state index in [0.717, 1.165) is 73.9 Å². The maximum Gasteiger partial charge on any atom is 0.221 e. The minimum Gasteiger partial charge on any atom is -0.316 e. The number of aromatic nitrogens is 4. The van der Waals surface area contributed by atoms with E-state index in [-0.39, 0.29) is 0 Å². The SMILES string of the molecule is [C-]#[N+]c1c(-c2ccccn2)c(C#N)c(-n2c3ccccc3c3ccc4c5ccccc5sc4c32)c(-c2ccccn2)c1-n1c2c(ccc3c4ccccc4sc32)c2ccc3c4ccccc4sc3c21. The Bertz CT molecular complexity index is 4680. The Hall–Kier alpha value is -8.70. The van der Waals surface area contributed by atoms with E-state index in [1.165, 1.54) is 30.3 Å². The van der Waals surface area contributed by atoms with Crippen LogP contribution in [0, 0.1) is 17.9 Å². The van der Waals surface area contributed by atoms with Crippen molar-refractivity contribution in [1.82, 2.24) is 19.1 Å². The summed E-state index contributed by atoms with van der Waals surface area (Å²) in [6.45, 7) is 9.46. The molecule has 0 N–H and O–H groups in total. The van der Waals surface area contributed by atoms with Crippen LogP contribution >= 0.6 is 34.0 Å². The van der Waals surface area contributed by atoms with Crippen molar-refractivity contribution >= 4 is 144 Å². The van der Waals surface area contributed by atoms with E-state index in [9.17, 15) is 11.8 Å². The smallest absolute Gasteiger partial charge is 0.221 e. The van der Waals surface area contributed by atoms with Crippen LogP contribution in [0.2, 0.25) is 0 Å². The molecule has 0 aliphatic rings. The Morgan fingerprint density at radius 3 is 1.32 bits per heavy atom. The van der Waals surface area contributed by atoms with Gasteiger partial charge in [0.25, 0.3) is 0 Å². The Morgan fingerprint density at radius 1 is 0.420 bits per heavy atom. The molecule has 0 spiro atoms. The first-order valence-corrected chi connectivity index (χ1v) is 25.0. The zero-order chi connectivity index (χ0) is 45.5. The molecule has 0 fully saturated rings.